The van der Waals surface area contributed by atoms with Gasteiger partial charge in [0.15, 0.2) is 5.69 Å². The molecule has 5 nitrogen and oxygen atoms in total. The maximum Gasteiger partial charge on any atom is 0.273 e. The fraction of sp³-hybridized carbons (Fsp3) is 0.412. The number of carbonyl (C=O) groups excluding carboxylic acids is 1. The second-order valence-electron chi connectivity index (χ2n) is 5.71. The summed E-state index contributed by atoms with van der Waals surface area (Å²) in [6, 6.07) is 8.47. The second kappa shape index (κ2) is 6.75. The van der Waals surface area contributed by atoms with Gasteiger partial charge in [-0.25, -0.2) is 4.98 Å². The van der Waals surface area contributed by atoms with Crippen LogP contribution in [0.1, 0.15) is 46.4 Å². The van der Waals surface area contributed by atoms with Crippen molar-refractivity contribution in [2.75, 3.05) is 13.1 Å². The fourth-order valence-electron chi connectivity index (χ4n) is 2.61. The van der Waals surface area contributed by atoms with E-state index < -0.39 is 0 Å². The molecule has 0 spiro atoms. The minimum atomic E-state index is -0.180. The first kappa shape index (κ1) is 14.8. The Morgan fingerprint density at radius 3 is 2.95 bits per heavy atom. The van der Waals surface area contributed by atoms with Crippen LogP contribution in [-0.2, 0) is 6.42 Å². The van der Waals surface area contributed by atoms with E-state index in [1.54, 1.807) is 0 Å². The van der Waals surface area contributed by atoms with Crippen molar-refractivity contribution in [3.8, 4) is 0 Å². The Morgan fingerprint density at radius 2 is 2.23 bits per heavy atom. The van der Waals surface area contributed by atoms with Crippen LogP contribution in [0.3, 0.4) is 0 Å². The van der Waals surface area contributed by atoms with E-state index in [0.29, 0.717) is 18.1 Å². The molecule has 1 saturated heterocycles. The van der Waals surface area contributed by atoms with Crippen molar-refractivity contribution in [1.82, 2.24) is 15.6 Å². The predicted molar refractivity (Wildman–Crippen MR) is 83.7 cm³/mol. The molecular formula is C17H21N3O2. The van der Waals surface area contributed by atoms with Gasteiger partial charge in [0.2, 0.25) is 5.89 Å². The Morgan fingerprint density at radius 1 is 1.41 bits per heavy atom. The van der Waals surface area contributed by atoms with Gasteiger partial charge in [-0.2, -0.15) is 0 Å². The number of carbonyl (C=O) groups is 1. The molecule has 1 aliphatic heterocycles. The van der Waals surface area contributed by atoms with Gasteiger partial charge in [0.1, 0.15) is 6.26 Å². The summed E-state index contributed by atoms with van der Waals surface area (Å²) in [5.41, 5.74) is 2.80. The van der Waals surface area contributed by atoms with Crippen LogP contribution in [0.4, 0.5) is 0 Å². The summed E-state index contributed by atoms with van der Waals surface area (Å²) < 4.78 is 5.41. The molecule has 2 heterocycles. The summed E-state index contributed by atoms with van der Waals surface area (Å²) in [4.78, 5) is 16.4. The molecule has 1 fully saturated rings. The quantitative estimate of drug-likeness (QED) is 0.889. The number of nitrogens with one attached hydrogen (secondary N) is 2. The molecule has 116 valence electrons. The van der Waals surface area contributed by atoms with Crippen molar-refractivity contribution >= 4 is 5.91 Å². The lowest BCUT2D eigenvalue weighted by atomic mass is 10.1. The zero-order valence-electron chi connectivity index (χ0n) is 12.8. The van der Waals surface area contributed by atoms with E-state index in [9.17, 15) is 4.79 Å². The highest BCUT2D eigenvalue weighted by molar-refractivity contribution is 5.91. The normalized spacial score (nSPS) is 17.6. The van der Waals surface area contributed by atoms with E-state index >= 15 is 0 Å². The number of aryl methyl sites for hydroxylation is 1. The van der Waals surface area contributed by atoms with Gasteiger partial charge in [-0.05, 0) is 38.3 Å². The highest BCUT2D eigenvalue weighted by atomic mass is 16.3. The zero-order chi connectivity index (χ0) is 15.4. The summed E-state index contributed by atoms with van der Waals surface area (Å²) in [5, 5.41) is 6.19. The van der Waals surface area contributed by atoms with Crippen LogP contribution in [0.25, 0.3) is 0 Å². The molecule has 5 heteroatoms. The van der Waals surface area contributed by atoms with E-state index in [2.05, 4.69) is 46.8 Å². The number of benzene rings is 1. The predicted octanol–water partition coefficient (Wildman–Crippen LogP) is 2.38. The number of amides is 1. The standard InChI is InChI=1S/C17H21N3O2/c1-12-4-6-13(7-5-12)8-10-19-16(21)15-11-22-17(20-15)14-3-2-9-18-14/h4-7,11,14,18H,2-3,8-10H2,1H3,(H,19,21). The minimum Gasteiger partial charge on any atom is -0.446 e. The van der Waals surface area contributed by atoms with Gasteiger partial charge >= 0.3 is 0 Å². The Hall–Kier alpha value is -2.14. The van der Waals surface area contributed by atoms with Crippen LogP contribution in [0.2, 0.25) is 0 Å². The fourth-order valence-corrected chi connectivity index (χ4v) is 2.61. The van der Waals surface area contributed by atoms with Crippen molar-refractivity contribution in [3.63, 3.8) is 0 Å². The summed E-state index contributed by atoms with van der Waals surface area (Å²) in [7, 11) is 0. The molecular weight excluding hydrogens is 278 g/mol. The first-order chi connectivity index (χ1) is 10.7. The van der Waals surface area contributed by atoms with Crippen LogP contribution in [0.5, 0.6) is 0 Å². The van der Waals surface area contributed by atoms with Crippen LogP contribution in [-0.4, -0.2) is 24.0 Å². The summed E-state index contributed by atoms with van der Waals surface area (Å²) >= 11 is 0. The highest BCUT2D eigenvalue weighted by Gasteiger charge is 2.22. The van der Waals surface area contributed by atoms with Gasteiger partial charge in [0.05, 0.1) is 6.04 Å². The Bertz CT molecular complexity index is 628. The molecule has 0 radical (unpaired) electrons. The lowest BCUT2D eigenvalue weighted by Gasteiger charge is -2.04. The second-order valence-corrected chi connectivity index (χ2v) is 5.71. The number of oxazole rings is 1. The SMILES string of the molecule is Cc1ccc(CCNC(=O)c2coc(C3CCCN3)n2)cc1. The molecule has 2 N–H and O–H groups in total. The van der Waals surface area contributed by atoms with Crippen LogP contribution < -0.4 is 10.6 Å². The van der Waals surface area contributed by atoms with Gasteiger partial charge in [-0.1, -0.05) is 29.8 Å². The first-order valence-corrected chi connectivity index (χ1v) is 7.75. The van der Waals surface area contributed by atoms with Crippen LogP contribution in [0, 0.1) is 6.92 Å². The maximum absolute atomic E-state index is 12.1. The molecule has 1 amide bonds. The molecule has 1 aromatic heterocycles. The van der Waals surface area contributed by atoms with E-state index in [0.717, 1.165) is 25.8 Å². The third-order valence-corrected chi connectivity index (χ3v) is 3.93. The third kappa shape index (κ3) is 3.54. The summed E-state index contributed by atoms with van der Waals surface area (Å²) in [6.07, 6.45) is 4.37. The monoisotopic (exact) mass is 299 g/mol. The molecule has 2 aromatic rings. The van der Waals surface area contributed by atoms with Crippen molar-refractivity contribution in [3.05, 3.63) is 53.2 Å². The molecule has 1 aliphatic rings. The average Bonchev–Trinajstić information content (AvgIpc) is 3.20. The van der Waals surface area contributed by atoms with Crippen molar-refractivity contribution in [1.29, 1.82) is 0 Å². The van der Waals surface area contributed by atoms with Crippen molar-refractivity contribution < 1.29 is 9.21 Å². The number of hydrogen-bond acceptors (Lipinski definition) is 4. The van der Waals surface area contributed by atoms with Gasteiger partial charge < -0.3 is 15.1 Å². The number of hydrogen-bond donors (Lipinski definition) is 2. The van der Waals surface area contributed by atoms with Crippen molar-refractivity contribution in [2.45, 2.75) is 32.2 Å². The highest BCUT2D eigenvalue weighted by Crippen LogP contribution is 2.22. The molecule has 1 atom stereocenters. The average molecular weight is 299 g/mol. The topological polar surface area (TPSA) is 67.2 Å². The summed E-state index contributed by atoms with van der Waals surface area (Å²) in [5.74, 6) is 0.432. The molecule has 1 aromatic carbocycles. The molecule has 22 heavy (non-hydrogen) atoms. The number of aromatic nitrogens is 1. The molecule has 1 unspecified atom stereocenters. The van der Waals surface area contributed by atoms with Gasteiger partial charge in [0.25, 0.3) is 5.91 Å². The van der Waals surface area contributed by atoms with Crippen molar-refractivity contribution in [2.24, 2.45) is 0 Å². The summed E-state index contributed by atoms with van der Waals surface area (Å²) in [6.45, 7) is 3.63. The van der Waals surface area contributed by atoms with E-state index in [-0.39, 0.29) is 11.9 Å². The number of nitrogens with zero attached hydrogens (tertiary/aromatic N) is 1. The van der Waals surface area contributed by atoms with Crippen LogP contribution >= 0.6 is 0 Å². The third-order valence-electron chi connectivity index (χ3n) is 3.93. The van der Waals surface area contributed by atoms with E-state index in [4.69, 9.17) is 4.42 Å². The largest absolute Gasteiger partial charge is 0.446 e. The molecule has 0 saturated carbocycles. The van der Waals surface area contributed by atoms with Gasteiger partial charge in [-0.15, -0.1) is 0 Å². The Kier molecular flexibility index (Phi) is 4.53. The molecule has 0 bridgehead atoms. The lowest BCUT2D eigenvalue weighted by Crippen LogP contribution is -2.26. The first-order valence-electron chi connectivity index (χ1n) is 7.75. The molecule has 0 aliphatic carbocycles. The van der Waals surface area contributed by atoms with Crippen LogP contribution in [0.15, 0.2) is 34.9 Å². The van der Waals surface area contributed by atoms with E-state index in [1.165, 1.54) is 17.4 Å². The van der Waals surface area contributed by atoms with E-state index in [1.807, 2.05) is 0 Å². The lowest BCUT2D eigenvalue weighted by molar-refractivity contribution is 0.0949. The maximum atomic E-state index is 12.1. The number of rotatable bonds is 5. The van der Waals surface area contributed by atoms with Gasteiger partial charge in [0, 0.05) is 6.54 Å². The smallest absolute Gasteiger partial charge is 0.273 e. The zero-order valence-corrected chi connectivity index (χ0v) is 12.8. The van der Waals surface area contributed by atoms with Gasteiger partial charge in [-0.3, -0.25) is 4.79 Å². The Labute approximate surface area is 130 Å². The molecule has 3 rings (SSSR count). The minimum absolute atomic E-state index is 0.147. The Balaban J connectivity index is 1.50.